The van der Waals surface area contributed by atoms with Crippen molar-refractivity contribution in [2.75, 3.05) is 6.61 Å². The van der Waals surface area contributed by atoms with Crippen molar-refractivity contribution in [3.8, 4) is 16.5 Å². The van der Waals surface area contributed by atoms with Crippen molar-refractivity contribution in [2.45, 2.75) is 33.0 Å². The maximum Gasteiger partial charge on any atom is 0.333 e. The highest BCUT2D eigenvalue weighted by atomic mass is 32.1. The summed E-state index contributed by atoms with van der Waals surface area (Å²) in [6.45, 7) is 4.66. The van der Waals surface area contributed by atoms with Crippen LogP contribution in [0, 0.1) is 6.92 Å². The number of rotatable bonds is 9. The molecule has 0 aliphatic rings. The molecule has 2 aromatic heterocycles. The van der Waals surface area contributed by atoms with Crippen molar-refractivity contribution < 1.29 is 19.4 Å². The molecule has 1 N–H and O–H groups in total. The van der Waals surface area contributed by atoms with Crippen LogP contribution in [0.3, 0.4) is 0 Å². The molecular formula is C21H22N2O4S. The van der Waals surface area contributed by atoms with E-state index >= 15 is 0 Å². The van der Waals surface area contributed by atoms with Gasteiger partial charge in [0.25, 0.3) is 0 Å². The normalized spacial score (nSPS) is 11.9. The Morgan fingerprint density at radius 3 is 2.57 bits per heavy atom. The molecule has 0 saturated heterocycles. The quantitative estimate of drug-likeness (QED) is 0.584. The van der Waals surface area contributed by atoms with E-state index < -0.39 is 12.1 Å². The molecule has 0 bridgehead atoms. The van der Waals surface area contributed by atoms with E-state index in [1.165, 1.54) is 0 Å². The van der Waals surface area contributed by atoms with Gasteiger partial charge in [0.15, 0.2) is 11.9 Å². The molecule has 6 nitrogen and oxygen atoms in total. The van der Waals surface area contributed by atoms with E-state index in [1.54, 1.807) is 36.7 Å². The van der Waals surface area contributed by atoms with E-state index in [2.05, 4.69) is 16.0 Å². The van der Waals surface area contributed by atoms with Crippen LogP contribution in [-0.4, -0.2) is 33.8 Å². The molecule has 2 heterocycles. The topological polar surface area (TPSA) is 81.5 Å². The summed E-state index contributed by atoms with van der Waals surface area (Å²) in [4.78, 5) is 21.9. The van der Waals surface area contributed by atoms with Gasteiger partial charge >= 0.3 is 5.97 Å². The zero-order chi connectivity index (χ0) is 19.9. The molecule has 1 aromatic carbocycles. The second kappa shape index (κ2) is 9.43. The first-order valence-corrected chi connectivity index (χ1v) is 9.81. The summed E-state index contributed by atoms with van der Waals surface area (Å²) in [5.41, 5.74) is 2.04. The maximum absolute atomic E-state index is 11.2. The Bertz CT molecular complexity index is 910. The molecule has 28 heavy (non-hydrogen) atoms. The fraction of sp³-hybridized carbons (Fsp3) is 0.286. The Labute approximate surface area is 167 Å². The van der Waals surface area contributed by atoms with Crippen LogP contribution >= 0.6 is 11.3 Å². The summed E-state index contributed by atoms with van der Waals surface area (Å²) in [6.07, 6.45) is 2.96. The zero-order valence-corrected chi connectivity index (χ0v) is 16.6. The summed E-state index contributed by atoms with van der Waals surface area (Å²) in [6, 6.07) is 11.3. The number of carbonyl (C=O) groups is 1. The lowest BCUT2D eigenvalue weighted by atomic mass is 10.1. The molecule has 0 spiro atoms. The van der Waals surface area contributed by atoms with Crippen molar-refractivity contribution in [3.63, 3.8) is 0 Å². The number of thiophene rings is 1. The monoisotopic (exact) mass is 398 g/mol. The minimum Gasteiger partial charge on any atom is -0.488 e. The summed E-state index contributed by atoms with van der Waals surface area (Å²) in [7, 11) is 0. The van der Waals surface area contributed by atoms with Crippen LogP contribution in [0.4, 0.5) is 0 Å². The number of carboxylic acids is 1. The summed E-state index contributed by atoms with van der Waals surface area (Å²) in [5, 5.41) is 9.18. The third kappa shape index (κ3) is 5.15. The van der Waals surface area contributed by atoms with Gasteiger partial charge in [0.05, 0.1) is 4.88 Å². The van der Waals surface area contributed by atoms with Gasteiger partial charge in [-0.15, -0.1) is 11.3 Å². The minimum atomic E-state index is -0.950. The summed E-state index contributed by atoms with van der Waals surface area (Å²) < 4.78 is 11.2. The van der Waals surface area contributed by atoms with Gasteiger partial charge in [-0.2, -0.15) is 0 Å². The molecule has 7 heteroatoms. The van der Waals surface area contributed by atoms with Crippen LogP contribution in [-0.2, 0) is 22.6 Å². The van der Waals surface area contributed by atoms with Crippen molar-refractivity contribution in [1.29, 1.82) is 0 Å². The summed E-state index contributed by atoms with van der Waals surface area (Å²) in [5.74, 6) is 0.499. The Morgan fingerprint density at radius 2 is 1.93 bits per heavy atom. The van der Waals surface area contributed by atoms with E-state index in [4.69, 9.17) is 9.47 Å². The fourth-order valence-corrected chi connectivity index (χ4v) is 3.74. The molecule has 0 radical (unpaired) electrons. The Hall–Kier alpha value is -2.77. The van der Waals surface area contributed by atoms with E-state index in [0.29, 0.717) is 25.5 Å². The number of carboxylic acid groups (broad SMARTS) is 1. The van der Waals surface area contributed by atoms with Crippen molar-refractivity contribution in [1.82, 2.24) is 9.97 Å². The SMILES string of the molecule is CCOC(Cc1ccc(OCc2sc(-c3ncccn3)cc2C)cc1)C(=O)O. The van der Waals surface area contributed by atoms with Gasteiger partial charge in [0, 0.05) is 30.3 Å². The smallest absolute Gasteiger partial charge is 0.333 e. The Balaban J connectivity index is 1.61. The standard InChI is InChI=1S/C21H22N2O4S/c1-3-26-17(21(24)25)12-15-5-7-16(8-6-15)27-13-19-14(2)11-18(28-19)20-22-9-4-10-23-20/h4-11,17H,3,12-13H2,1-2H3,(H,24,25). The van der Waals surface area contributed by atoms with E-state index in [0.717, 1.165) is 26.6 Å². The van der Waals surface area contributed by atoms with Gasteiger partial charge in [0.2, 0.25) is 0 Å². The first kappa shape index (κ1) is 20.0. The van der Waals surface area contributed by atoms with E-state index in [1.807, 2.05) is 31.2 Å². The van der Waals surface area contributed by atoms with E-state index in [9.17, 15) is 9.90 Å². The molecule has 3 rings (SSSR count). The largest absolute Gasteiger partial charge is 0.488 e. The zero-order valence-electron chi connectivity index (χ0n) is 15.8. The van der Waals surface area contributed by atoms with Gasteiger partial charge in [-0.1, -0.05) is 12.1 Å². The molecule has 0 aliphatic heterocycles. The lowest BCUT2D eigenvalue weighted by molar-refractivity contribution is -0.149. The number of hydrogen-bond donors (Lipinski definition) is 1. The average molecular weight is 398 g/mol. The van der Waals surface area contributed by atoms with Crippen LogP contribution in [0.1, 0.15) is 22.9 Å². The van der Waals surface area contributed by atoms with Crippen molar-refractivity contribution in [3.05, 3.63) is 64.8 Å². The molecular weight excluding hydrogens is 376 g/mol. The molecule has 1 unspecified atom stereocenters. The van der Waals surface area contributed by atoms with Crippen LogP contribution < -0.4 is 4.74 Å². The molecule has 0 amide bonds. The first-order chi connectivity index (χ1) is 13.6. The van der Waals surface area contributed by atoms with Crippen LogP contribution in [0.25, 0.3) is 10.7 Å². The van der Waals surface area contributed by atoms with Crippen molar-refractivity contribution >= 4 is 17.3 Å². The number of aliphatic carboxylic acids is 1. The minimum absolute atomic E-state index is 0.327. The van der Waals surface area contributed by atoms with Gasteiger partial charge in [0.1, 0.15) is 12.4 Å². The first-order valence-electron chi connectivity index (χ1n) is 8.99. The van der Waals surface area contributed by atoms with Crippen molar-refractivity contribution in [2.24, 2.45) is 0 Å². The Morgan fingerprint density at radius 1 is 1.21 bits per heavy atom. The third-order valence-corrected chi connectivity index (χ3v) is 5.37. The number of ether oxygens (including phenoxy) is 2. The number of benzene rings is 1. The number of hydrogen-bond acceptors (Lipinski definition) is 6. The second-order valence-corrected chi connectivity index (χ2v) is 7.34. The van der Waals surface area contributed by atoms with Gasteiger partial charge in [-0.25, -0.2) is 14.8 Å². The highest BCUT2D eigenvalue weighted by Crippen LogP contribution is 2.29. The van der Waals surface area contributed by atoms with Gasteiger partial charge in [-0.05, 0) is 49.2 Å². The van der Waals surface area contributed by atoms with Crippen LogP contribution in [0.15, 0.2) is 48.8 Å². The third-order valence-electron chi connectivity index (χ3n) is 4.16. The molecule has 0 saturated carbocycles. The highest BCUT2D eigenvalue weighted by Gasteiger charge is 2.18. The van der Waals surface area contributed by atoms with Crippen LogP contribution in [0.5, 0.6) is 5.75 Å². The van der Waals surface area contributed by atoms with E-state index in [-0.39, 0.29) is 0 Å². The molecule has 146 valence electrons. The molecule has 3 aromatic rings. The molecule has 1 atom stereocenters. The van der Waals surface area contributed by atoms with Crippen LogP contribution in [0.2, 0.25) is 0 Å². The fourth-order valence-electron chi connectivity index (χ4n) is 2.70. The summed E-state index contributed by atoms with van der Waals surface area (Å²) >= 11 is 1.62. The lowest BCUT2D eigenvalue weighted by Crippen LogP contribution is -2.26. The Kier molecular flexibility index (Phi) is 6.73. The van der Waals surface area contributed by atoms with Gasteiger partial charge < -0.3 is 14.6 Å². The number of aromatic nitrogens is 2. The number of nitrogens with zero attached hydrogens (tertiary/aromatic N) is 2. The predicted octanol–water partition coefficient (Wildman–Crippen LogP) is 4.12. The lowest BCUT2D eigenvalue weighted by Gasteiger charge is -2.13. The number of aryl methyl sites for hydroxylation is 1. The maximum atomic E-state index is 11.2. The predicted molar refractivity (Wildman–Crippen MR) is 108 cm³/mol. The molecule has 0 fully saturated rings. The average Bonchev–Trinajstić information content (AvgIpc) is 3.08. The second-order valence-electron chi connectivity index (χ2n) is 6.21. The molecule has 0 aliphatic carbocycles. The highest BCUT2D eigenvalue weighted by molar-refractivity contribution is 7.15. The van der Waals surface area contributed by atoms with Gasteiger partial charge in [-0.3, -0.25) is 0 Å².